The molecule has 1 aromatic carbocycles. The van der Waals surface area contributed by atoms with E-state index in [9.17, 15) is 9.59 Å². The third-order valence-corrected chi connectivity index (χ3v) is 3.10. The van der Waals surface area contributed by atoms with Gasteiger partial charge in [-0.3, -0.25) is 4.79 Å². The summed E-state index contributed by atoms with van der Waals surface area (Å²) in [5.74, 6) is -1.04. The summed E-state index contributed by atoms with van der Waals surface area (Å²) in [7, 11) is 0. The molecular weight excluding hydrogens is 291 g/mol. The van der Waals surface area contributed by atoms with Crippen LogP contribution in [0, 0.1) is 0 Å². The molecule has 1 fully saturated rings. The van der Waals surface area contributed by atoms with E-state index >= 15 is 0 Å². The second-order valence-electron chi connectivity index (χ2n) is 4.34. The van der Waals surface area contributed by atoms with E-state index in [1.807, 2.05) is 0 Å². The quantitative estimate of drug-likeness (QED) is 0.898. The molecule has 0 heterocycles. The van der Waals surface area contributed by atoms with Crippen LogP contribution in [0.5, 0.6) is 0 Å². The Hall–Kier alpha value is -1.46. The van der Waals surface area contributed by atoms with Crippen molar-refractivity contribution in [3.8, 4) is 0 Å². The van der Waals surface area contributed by atoms with E-state index in [4.69, 9.17) is 28.3 Å². The number of nitrogens with one attached hydrogen (secondary N) is 1. The fraction of sp³-hybridized carbons (Fsp3) is 0.333. The molecule has 0 unspecified atom stereocenters. The molecule has 1 aliphatic carbocycles. The summed E-state index contributed by atoms with van der Waals surface area (Å²) in [5.41, 5.74) is 0.443. The van der Waals surface area contributed by atoms with Gasteiger partial charge in [-0.15, -0.1) is 0 Å². The largest absolute Gasteiger partial charge is 0.480 e. The summed E-state index contributed by atoms with van der Waals surface area (Å²) in [5, 5.41) is 12.2. The number of carbonyl (C=O) groups excluding carboxylic acids is 1. The predicted molar refractivity (Wildman–Crippen MR) is 72.8 cm³/mol. The smallest absolute Gasteiger partial charge is 0.323 e. The molecule has 0 aliphatic heterocycles. The minimum absolute atomic E-state index is 0.00533. The number of hydrogen-bond acceptors (Lipinski definition) is 2. The molecule has 102 valence electrons. The number of carbonyl (C=O) groups is 2. The SMILES string of the molecule is O=C(O)CN(C(=O)Nc1cc(Cl)cc(Cl)c1)C1CC1. The summed E-state index contributed by atoms with van der Waals surface area (Å²) in [6, 6.07) is 4.21. The summed E-state index contributed by atoms with van der Waals surface area (Å²) < 4.78 is 0. The van der Waals surface area contributed by atoms with Gasteiger partial charge >= 0.3 is 12.0 Å². The highest BCUT2D eigenvalue weighted by atomic mass is 35.5. The lowest BCUT2D eigenvalue weighted by molar-refractivity contribution is -0.137. The zero-order valence-electron chi connectivity index (χ0n) is 9.90. The van der Waals surface area contributed by atoms with Crippen LogP contribution in [0.15, 0.2) is 18.2 Å². The lowest BCUT2D eigenvalue weighted by atomic mass is 10.3. The zero-order chi connectivity index (χ0) is 14.0. The number of benzene rings is 1. The number of rotatable bonds is 4. The van der Waals surface area contributed by atoms with E-state index < -0.39 is 12.0 Å². The molecule has 19 heavy (non-hydrogen) atoms. The fourth-order valence-electron chi connectivity index (χ4n) is 1.72. The molecule has 5 nitrogen and oxygen atoms in total. The lowest BCUT2D eigenvalue weighted by Crippen LogP contribution is -2.40. The summed E-state index contributed by atoms with van der Waals surface area (Å²) in [4.78, 5) is 24.1. The van der Waals surface area contributed by atoms with E-state index in [1.54, 1.807) is 18.2 Å². The molecule has 2 N–H and O–H groups in total. The first kappa shape index (κ1) is 14.0. The molecule has 2 amide bonds. The summed E-state index contributed by atoms with van der Waals surface area (Å²) in [6.45, 7) is -0.315. The maximum absolute atomic E-state index is 12.0. The highest BCUT2D eigenvalue weighted by Crippen LogP contribution is 2.28. The number of anilines is 1. The number of urea groups is 1. The van der Waals surface area contributed by atoms with E-state index in [1.165, 1.54) is 4.90 Å². The van der Waals surface area contributed by atoms with Crippen molar-refractivity contribution < 1.29 is 14.7 Å². The van der Waals surface area contributed by atoms with Gasteiger partial charge in [0.25, 0.3) is 0 Å². The van der Waals surface area contributed by atoms with Gasteiger partial charge in [0, 0.05) is 21.8 Å². The maximum atomic E-state index is 12.0. The Morgan fingerprint density at radius 3 is 2.32 bits per heavy atom. The van der Waals surface area contributed by atoms with Gasteiger partial charge in [-0.05, 0) is 31.0 Å². The van der Waals surface area contributed by atoms with Crippen LogP contribution in [-0.4, -0.2) is 34.6 Å². The van der Waals surface area contributed by atoms with Gasteiger partial charge < -0.3 is 15.3 Å². The summed E-state index contributed by atoms with van der Waals surface area (Å²) in [6.07, 6.45) is 1.66. The van der Waals surface area contributed by atoms with Crippen molar-refractivity contribution in [1.82, 2.24) is 4.90 Å². The highest BCUT2D eigenvalue weighted by Gasteiger charge is 2.33. The molecule has 0 radical (unpaired) electrons. The molecule has 2 rings (SSSR count). The molecule has 0 atom stereocenters. The number of halogens is 2. The number of carboxylic acids is 1. The first-order valence-electron chi connectivity index (χ1n) is 5.71. The molecular formula is C12H12Cl2N2O3. The Labute approximate surface area is 120 Å². The van der Waals surface area contributed by atoms with Crippen molar-refractivity contribution in [3.05, 3.63) is 28.2 Å². The highest BCUT2D eigenvalue weighted by molar-refractivity contribution is 6.35. The van der Waals surface area contributed by atoms with Crippen molar-refractivity contribution in [3.63, 3.8) is 0 Å². The van der Waals surface area contributed by atoms with Crippen LogP contribution in [0.1, 0.15) is 12.8 Å². The van der Waals surface area contributed by atoms with Crippen LogP contribution in [0.4, 0.5) is 10.5 Å². The van der Waals surface area contributed by atoms with Crippen LogP contribution in [0.25, 0.3) is 0 Å². The van der Waals surface area contributed by atoms with E-state index in [0.29, 0.717) is 15.7 Å². The molecule has 1 aliphatic rings. The average molecular weight is 303 g/mol. The van der Waals surface area contributed by atoms with Gasteiger partial charge in [-0.1, -0.05) is 23.2 Å². The lowest BCUT2D eigenvalue weighted by Gasteiger charge is -2.20. The van der Waals surface area contributed by atoms with Crippen LogP contribution >= 0.6 is 23.2 Å². The van der Waals surface area contributed by atoms with Gasteiger partial charge in [-0.2, -0.15) is 0 Å². The molecule has 0 spiro atoms. The third kappa shape index (κ3) is 4.01. The molecule has 1 aromatic rings. The van der Waals surface area contributed by atoms with Gasteiger partial charge in [0.05, 0.1) is 0 Å². The number of amides is 2. The monoisotopic (exact) mass is 302 g/mol. The first-order valence-corrected chi connectivity index (χ1v) is 6.47. The number of carboxylic acid groups (broad SMARTS) is 1. The van der Waals surface area contributed by atoms with Crippen molar-refractivity contribution in [1.29, 1.82) is 0 Å². The Kier molecular flexibility index (Phi) is 4.17. The van der Waals surface area contributed by atoms with Crippen LogP contribution < -0.4 is 5.32 Å². The summed E-state index contributed by atoms with van der Waals surface area (Å²) >= 11 is 11.7. The maximum Gasteiger partial charge on any atom is 0.323 e. The Morgan fingerprint density at radius 2 is 1.84 bits per heavy atom. The topological polar surface area (TPSA) is 69.6 Å². The minimum Gasteiger partial charge on any atom is -0.480 e. The van der Waals surface area contributed by atoms with E-state index in [2.05, 4.69) is 5.32 Å². The van der Waals surface area contributed by atoms with Crippen LogP contribution in [-0.2, 0) is 4.79 Å². The van der Waals surface area contributed by atoms with Crippen molar-refractivity contribution in [2.75, 3.05) is 11.9 Å². The number of hydrogen-bond donors (Lipinski definition) is 2. The molecule has 0 bridgehead atoms. The number of aliphatic carboxylic acids is 1. The third-order valence-electron chi connectivity index (χ3n) is 2.67. The normalized spacial score (nSPS) is 14.0. The molecule has 7 heteroatoms. The molecule has 0 aromatic heterocycles. The Morgan fingerprint density at radius 1 is 1.26 bits per heavy atom. The van der Waals surface area contributed by atoms with Crippen molar-refractivity contribution in [2.45, 2.75) is 18.9 Å². The van der Waals surface area contributed by atoms with Crippen LogP contribution in [0.3, 0.4) is 0 Å². The number of nitrogens with zero attached hydrogens (tertiary/aromatic N) is 1. The zero-order valence-corrected chi connectivity index (χ0v) is 11.4. The first-order chi connectivity index (χ1) is 8.95. The Balaban J connectivity index is 2.07. The van der Waals surface area contributed by atoms with Crippen molar-refractivity contribution >= 4 is 40.9 Å². The second kappa shape index (κ2) is 5.67. The predicted octanol–water partition coefficient (Wildman–Crippen LogP) is 3.07. The fourth-order valence-corrected chi connectivity index (χ4v) is 2.25. The minimum atomic E-state index is -1.04. The molecule has 0 saturated heterocycles. The average Bonchev–Trinajstić information content (AvgIpc) is 3.07. The van der Waals surface area contributed by atoms with Gasteiger partial charge in [0.15, 0.2) is 0 Å². The second-order valence-corrected chi connectivity index (χ2v) is 5.21. The standard InChI is InChI=1S/C12H12Cl2N2O3/c13-7-3-8(14)5-9(4-7)15-12(19)16(6-11(17)18)10-1-2-10/h3-5,10H,1-2,6H2,(H,15,19)(H,17,18). The van der Waals surface area contributed by atoms with E-state index in [0.717, 1.165) is 12.8 Å². The van der Waals surface area contributed by atoms with Gasteiger partial charge in [0.2, 0.25) is 0 Å². The van der Waals surface area contributed by atoms with Gasteiger partial charge in [-0.25, -0.2) is 4.79 Å². The van der Waals surface area contributed by atoms with Gasteiger partial charge in [0.1, 0.15) is 6.54 Å². The Bertz CT molecular complexity index is 497. The molecule has 1 saturated carbocycles. The van der Waals surface area contributed by atoms with Crippen LogP contribution in [0.2, 0.25) is 10.0 Å². The van der Waals surface area contributed by atoms with E-state index in [-0.39, 0.29) is 12.6 Å². The van der Waals surface area contributed by atoms with Crippen molar-refractivity contribution in [2.24, 2.45) is 0 Å².